The van der Waals surface area contributed by atoms with Crippen LogP contribution in [-0.4, -0.2) is 19.5 Å². The topological polar surface area (TPSA) is 65.3 Å². The number of rotatable bonds is 3. The van der Waals surface area contributed by atoms with E-state index in [1.54, 1.807) is 0 Å². The van der Waals surface area contributed by atoms with Gasteiger partial charge in [-0.05, 0) is 36.4 Å². The van der Waals surface area contributed by atoms with Crippen molar-refractivity contribution in [1.29, 1.82) is 0 Å². The van der Waals surface area contributed by atoms with E-state index in [4.69, 9.17) is 24.4 Å². The number of benzene rings is 6. The van der Waals surface area contributed by atoms with Crippen molar-refractivity contribution in [2.45, 2.75) is 0 Å². The number of hydrogen-bond acceptors (Lipinski definition) is 6. The van der Waals surface area contributed by atoms with Crippen LogP contribution in [0.25, 0.3) is 50.5 Å². The summed E-state index contributed by atoms with van der Waals surface area (Å²) in [7, 11) is 0. The zero-order chi connectivity index (χ0) is 30.2. The summed E-state index contributed by atoms with van der Waals surface area (Å²) in [4.78, 5) is 17.3. The molecule has 216 valence electrons. The van der Waals surface area contributed by atoms with Crippen LogP contribution in [0.3, 0.4) is 0 Å². The molecular formula is C39H23N5O2. The molecule has 0 fully saturated rings. The third-order valence-electron chi connectivity index (χ3n) is 8.61. The lowest BCUT2D eigenvalue weighted by molar-refractivity contribution is 0.446. The lowest BCUT2D eigenvalue weighted by Gasteiger charge is -2.37. The van der Waals surface area contributed by atoms with Gasteiger partial charge in [0.25, 0.3) is 0 Å². The van der Waals surface area contributed by atoms with Crippen LogP contribution in [0, 0.1) is 0 Å². The van der Waals surface area contributed by atoms with Gasteiger partial charge >= 0.3 is 0 Å². The van der Waals surface area contributed by atoms with Crippen molar-refractivity contribution >= 4 is 38.9 Å². The first kappa shape index (κ1) is 24.9. The highest BCUT2D eigenvalue weighted by molar-refractivity contribution is 6.12. The van der Waals surface area contributed by atoms with Gasteiger partial charge in [-0.25, -0.2) is 4.98 Å². The molecular weight excluding hydrogens is 570 g/mol. The van der Waals surface area contributed by atoms with Crippen molar-refractivity contribution in [2.75, 3.05) is 4.90 Å². The summed E-state index contributed by atoms with van der Waals surface area (Å²) < 4.78 is 15.1. The van der Waals surface area contributed by atoms with Crippen LogP contribution in [-0.2, 0) is 0 Å². The fourth-order valence-corrected chi connectivity index (χ4v) is 6.58. The number of nitrogens with zero attached hydrogens (tertiary/aromatic N) is 5. The smallest absolute Gasteiger partial charge is 0.238 e. The maximum Gasteiger partial charge on any atom is 0.238 e. The van der Waals surface area contributed by atoms with Crippen molar-refractivity contribution in [2.24, 2.45) is 0 Å². The van der Waals surface area contributed by atoms with Crippen molar-refractivity contribution in [3.8, 4) is 51.7 Å². The molecule has 0 atom stereocenters. The Morgan fingerprint density at radius 2 is 1.04 bits per heavy atom. The molecule has 4 heterocycles. The Hall–Kier alpha value is -6.47. The standard InChI is InChI=1S/C39H23N5O2/c1-3-12-24(13-4-1)37-40-38(25-14-5-2-6-15-25)42-39(41-37)44-28-17-8-7-16-26(28)27-22-31-35(23-30(27)44)46-34-21-11-20-33-36(34)43(31)29-18-9-10-19-32(29)45-33/h1-23H. The monoisotopic (exact) mass is 593 g/mol. The van der Waals surface area contributed by atoms with E-state index in [2.05, 4.69) is 45.9 Å². The number of para-hydroxylation sites is 4. The second kappa shape index (κ2) is 9.51. The maximum atomic E-state index is 6.63. The number of fused-ring (bicyclic) bond motifs is 7. The summed E-state index contributed by atoms with van der Waals surface area (Å²) >= 11 is 0. The second-order valence-electron chi connectivity index (χ2n) is 11.3. The molecule has 0 bridgehead atoms. The highest BCUT2D eigenvalue weighted by Crippen LogP contribution is 2.60. The molecule has 0 saturated carbocycles. The van der Waals surface area contributed by atoms with Gasteiger partial charge in [-0.3, -0.25) is 9.47 Å². The first-order valence-corrected chi connectivity index (χ1v) is 15.1. The van der Waals surface area contributed by atoms with Gasteiger partial charge < -0.3 is 9.47 Å². The van der Waals surface area contributed by atoms with Crippen molar-refractivity contribution < 1.29 is 9.47 Å². The van der Waals surface area contributed by atoms with E-state index in [1.165, 1.54) is 0 Å². The van der Waals surface area contributed by atoms with Crippen LogP contribution >= 0.6 is 0 Å². The molecule has 2 aliphatic heterocycles. The van der Waals surface area contributed by atoms with Gasteiger partial charge in [0.2, 0.25) is 5.95 Å². The normalized spacial score (nSPS) is 12.7. The summed E-state index contributed by atoms with van der Waals surface area (Å²) in [5.41, 5.74) is 6.57. The van der Waals surface area contributed by atoms with Gasteiger partial charge in [-0.15, -0.1) is 0 Å². The highest BCUT2D eigenvalue weighted by Gasteiger charge is 2.35. The highest BCUT2D eigenvalue weighted by atomic mass is 16.5. The van der Waals surface area contributed by atoms with Crippen molar-refractivity contribution in [1.82, 2.24) is 19.5 Å². The summed E-state index contributed by atoms with van der Waals surface area (Å²) in [6.45, 7) is 0. The second-order valence-corrected chi connectivity index (χ2v) is 11.3. The average molecular weight is 594 g/mol. The molecule has 7 nitrogen and oxygen atoms in total. The van der Waals surface area contributed by atoms with Gasteiger partial charge in [0.05, 0.1) is 22.4 Å². The molecule has 2 aliphatic rings. The first-order valence-electron chi connectivity index (χ1n) is 15.1. The van der Waals surface area contributed by atoms with E-state index in [-0.39, 0.29) is 0 Å². The van der Waals surface area contributed by atoms with E-state index in [9.17, 15) is 0 Å². The fraction of sp³-hybridized carbons (Fsp3) is 0. The van der Waals surface area contributed by atoms with Gasteiger partial charge in [-0.1, -0.05) is 97.1 Å². The number of hydrogen-bond donors (Lipinski definition) is 0. The van der Waals surface area contributed by atoms with E-state index >= 15 is 0 Å². The minimum Gasteiger partial charge on any atom is -0.453 e. The Morgan fingerprint density at radius 3 is 1.78 bits per heavy atom. The third kappa shape index (κ3) is 3.63. The molecule has 0 unspecified atom stereocenters. The van der Waals surface area contributed by atoms with Crippen LogP contribution in [0.15, 0.2) is 140 Å². The molecule has 0 aliphatic carbocycles. The first-order chi connectivity index (χ1) is 22.8. The van der Waals surface area contributed by atoms with Crippen LogP contribution in [0.1, 0.15) is 0 Å². The molecule has 2 aromatic heterocycles. The van der Waals surface area contributed by atoms with E-state index in [0.717, 1.165) is 73.0 Å². The van der Waals surface area contributed by atoms with Crippen molar-refractivity contribution in [3.05, 3.63) is 140 Å². The third-order valence-corrected chi connectivity index (χ3v) is 8.61. The molecule has 8 aromatic rings. The van der Waals surface area contributed by atoms with Gasteiger partial charge in [0, 0.05) is 28.0 Å². The van der Waals surface area contributed by atoms with Gasteiger partial charge in [-0.2, -0.15) is 9.97 Å². The zero-order valence-corrected chi connectivity index (χ0v) is 24.3. The molecule has 0 radical (unpaired) electrons. The van der Waals surface area contributed by atoms with Crippen LogP contribution in [0.2, 0.25) is 0 Å². The van der Waals surface area contributed by atoms with Gasteiger partial charge in [0.15, 0.2) is 34.6 Å². The minimum absolute atomic E-state index is 0.536. The zero-order valence-electron chi connectivity index (χ0n) is 24.3. The summed E-state index contributed by atoms with van der Waals surface area (Å²) in [5, 5.41) is 2.15. The van der Waals surface area contributed by atoms with Crippen LogP contribution < -0.4 is 14.4 Å². The van der Waals surface area contributed by atoms with Crippen LogP contribution in [0.4, 0.5) is 17.1 Å². The number of ether oxygens (including phenoxy) is 2. The molecule has 7 heteroatoms. The molecule has 0 amide bonds. The van der Waals surface area contributed by atoms with E-state index in [1.807, 2.05) is 103 Å². The Labute approximate surface area is 263 Å². The van der Waals surface area contributed by atoms with E-state index < -0.39 is 0 Å². The number of anilines is 3. The fourth-order valence-electron chi connectivity index (χ4n) is 6.58. The summed E-state index contributed by atoms with van der Waals surface area (Å²) in [6, 6.07) is 46.8. The summed E-state index contributed by atoms with van der Waals surface area (Å²) in [6.07, 6.45) is 0. The maximum absolute atomic E-state index is 6.63. The Balaban J connectivity index is 1.26. The van der Waals surface area contributed by atoms with Crippen LogP contribution in [0.5, 0.6) is 23.0 Å². The number of aromatic nitrogens is 4. The molecule has 46 heavy (non-hydrogen) atoms. The Kier molecular flexibility index (Phi) is 5.15. The lowest BCUT2D eigenvalue weighted by atomic mass is 10.1. The predicted octanol–water partition coefficient (Wildman–Crippen LogP) is 9.98. The summed E-state index contributed by atoms with van der Waals surface area (Å²) in [5.74, 6) is 4.78. The quantitative estimate of drug-likeness (QED) is 0.203. The SMILES string of the molecule is c1ccc(-c2nc(-c3ccccc3)nc(-n3c4ccccc4c4cc5c(cc43)Oc3cccc4c3N5c3ccccc3O4)n2)cc1. The van der Waals surface area contributed by atoms with E-state index in [0.29, 0.717) is 17.6 Å². The minimum atomic E-state index is 0.536. The molecule has 0 spiro atoms. The van der Waals surface area contributed by atoms with Crippen molar-refractivity contribution in [3.63, 3.8) is 0 Å². The lowest BCUT2D eigenvalue weighted by Crippen LogP contribution is -2.20. The molecule has 6 aromatic carbocycles. The molecule has 0 N–H and O–H groups in total. The average Bonchev–Trinajstić information content (AvgIpc) is 3.44. The largest absolute Gasteiger partial charge is 0.453 e. The molecule has 10 rings (SSSR count). The predicted molar refractivity (Wildman–Crippen MR) is 180 cm³/mol. The Bertz CT molecular complexity index is 2430. The van der Waals surface area contributed by atoms with Gasteiger partial charge in [0.1, 0.15) is 5.69 Å². The Morgan fingerprint density at radius 1 is 0.435 bits per heavy atom. The molecule has 0 saturated heterocycles.